The van der Waals surface area contributed by atoms with Gasteiger partial charge in [0.15, 0.2) is 0 Å². The average molecular weight is 243 g/mol. The van der Waals surface area contributed by atoms with Crippen molar-refractivity contribution in [2.45, 2.75) is 11.9 Å². The van der Waals surface area contributed by atoms with Crippen molar-refractivity contribution in [1.82, 2.24) is 9.97 Å². The highest BCUT2D eigenvalue weighted by atomic mass is 32.2. The van der Waals surface area contributed by atoms with Gasteiger partial charge in [-0.05, 0) is 24.2 Å². The number of rotatable bonds is 6. The molecule has 0 saturated carbocycles. The summed E-state index contributed by atoms with van der Waals surface area (Å²) >= 11 is 3.51. The average Bonchev–Trinajstić information content (AvgIpc) is 2.27. The van der Waals surface area contributed by atoms with Crippen molar-refractivity contribution in [2.75, 3.05) is 30.1 Å². The first-order valence-electron chi connectivity index (χ1n) is 4.85. The van der Waals surface area contributed by atoms with Crippen molar-refractivity contribution >= 4 is 29.3 Å². The molecule has 1 heterocycles. The van der Waals surface area contributed by atoms with Crippen molar-refractivity contribution in [3.63, 3.8) is 0 Å². The molecule has 0 saturated heterocycles. The molecule has 0 aliphatic rings. The number of nitrogens with one attached hydrogen (secondary N) is 1. The topological polar surface area (TPSA) is 37.8 Å². The highest BCUT2D eigenvalue weighted by molar-refractivity contribution is 7.98. The van der Waals surface area contributed by atoms with Gasteiger partial charge in [0.1, 0.15) is 17.2 Å². The zero-order valence-corrected chi connectivity index (χ0v) is 11.0. The van der Waals surface area contributed by atoms with E-state index in [2.05, 4.69) is 28.5 Å². The molecule has 15 heavy (non-hydrogen) atoms. The van der Waals surface area contributed by atoms with E-state index in [4.69, 9.17) is 0 Å². The molecule has 5 heteroatoms. The molecule has 1 rings (SSSR count). The van der Waals surface area contributed by atoms with Gasteiger partial charge in [0.2, 0.25) is 0 Å². The molecule has 1 atom stereocenters. The molecule has 0 aliphatic heterocycles. The smallest absolute Gasteiger partial charge is 0.130 e. The maximum atomic E-state index is 4.18. The van der Waals surface area contributed by atoms with Crippen molar-refractivity contribution in [3.05, 3.63) is 12.4 Å². The maximum Gasteiger partial charge on any atom is 0.130 e. The second-order valence-corrected chi connectivity index (χ2v) is 5.12. The van der Waals surface area contributed by atoms with Crippen LogP contribution in [0.2, 0.25) is 0 Å². The molecule has 1 N–H and O–H groups in total. The summed E-state index contributed by atoms with van der Waals surface area (Å²) in [5, 5.41) is 4.33. The lowest BCUT2D eigenvalue weighted by atomic mass is 10.2. The van der Waals surface area contributed by atoms with Crippen LogP contribution in [-0.4, -0.2) is 34.8 Å². The summed E-state index contributed by atoms with van der Waals surface area (Å²) in [6.07, 6.45) is 5.75. The Morgan fingerprint density at radius 1 is 1.40 bits per heavy atom. The van der Waals surface area contributed by atoms with Gasteiger partial charge >= 0.3 is 0 Å². The normalized spacial score (nSPS) is 12.5. The molecule has 3 nitrogen and oxygen atoms in total. The van der Waals surface area contributed by atoms with Gasteiger partial charge in [0, 0.05) is 12.6 Å². The van der Waals surface area contributed by atoms with Crippen LogP contribution in [0.15, 0.2) is 17.4 Å². The van der Waals surface area contributed by atoms with Crippen molar-refractivity contribution in [3.8, 4) is 0 Å². The van der Waals surface area contributed by atoms with Gasteiger partial charge in [-0.15, -0.1) is 11.8 Å². The predicted octanol–water partition coefficient (Wildman–Crippen LogP) is 2.61. The summed E-state index contributed by atoms with van der Waals surface area (Å²) in [5.41, 5.74) is 0. The summed E-state index contributed by atoms with van der Waals surface area (Å²) in [7, 11) is 0. The first kappa shape index (κ1) is 12.6. The molecule has 1 aromatic rings. The number of anilines is 1. The lowest BCUT2D eigenvalue weighted by Gasteiger charge is -2.11. The second kappa shape index (κ2) is 6.95. The van der Waals surface area contributed by atoms with Crippen molar-refractivity contribution in [1.29, 1.82) is 0 Å². The third kappa shape index (κ3) is 4.75. The molecule has 0 aromatic carbocycles. The van der Waals surface area contributed by atoms with Crippen LogP contribution in [0.3, 0.4) is 0 Å². The summed E-state index contributed by atoms with van der Waals surface area (Å²) < 4.78 is 0. The van der Waals surface area contributed by atoms with Gasteiger partial charge < -0.3 is 5.32 Å². The molecule has 0 aliphatic carbocycles. The molecule has 1 aromatic heterocycles. The van der Waals surface area contributed by atoms with E-state index in [-0.39, 0.29) is 0 Å². The minimum absolute atomic E-state index is 0.660. The van der Waals surface area contributed by atoms with Gasteiger partial charge in [0.25, 0.3) is 0 Å². The SMILES string of the molecule is CSCC(C)CNc1cc(SC)ncn1. The highest BCUT2D eigenvalue weighted by Crippen LogP contribution is 2.14. The number of hydrogen-bond acceptors (Lipinski definition) is 5. The van der Waals surface area contributed by atoms with Gasteiger partial charge in [-0.2, -0.15) is 11.8 Å². The van der Waals surface area contributed by atoms with Crippen LogP contribution in [0.25, 0.3) is 0 Å². The number of nitrogens with zero attached hydrogens (tertiary/aromatic N) is 2. The Kier molecular flexibility index (Phi) is 5.86. The standard InChI is InChI=1S/C10H17N3S2/c1-8(6-14-2)5-11-9-4-10(15-3)13-7-12-9/h4,7-8H,5-6H2,1-3H3,(H,11,12,13). The van der Waals surface area contributed by atoms with Gasteiger partial charge in [-0.3, -0.25) is 0 Å². The predicted molar refractivity (Wildman–Crippen MR) is 69.8 cm³/mol. The second-order valence-electron chi connectivity index (χ2n) is 3.39. The first-order chi connectivity index (χ1) is 7.26. The van der Waals surface area contributed by atoms with Crippen LogP contribution in [0.5, 0.6) is 0 Å². The fourth-order valence-corrected chi connectivity index (χ4v) is 2.24. The maximum absolute atomic E-state index is 4.18. The zero-order valence-electron chi connectivity index (χ0n) is 9.36. The molecular formula is C10H17N3S2. The van der Waals surface area contributed by atoms with Crippen LogP contribution in [0.1, 0.15) is 6.92 Å². The summed E-state index contributed by atoms with van der Waals surface area (Å²) in [4.78, 5) is 8.31. The van der Waals surface area contributed by atoms with E-state index in [9.17, 15) is 0 Å². The van der Waals surface area contributed by atoms with Gasteiger partial charge in [0.05, 0.1) is 0 Å². The van der Waals surface area contributed by atoms with Crippen LogP contribution in [-0.2, 0) is 0 Å². The number of hydrogen-bond donors (Lipinski definition) is 1. The lowest BCUT2D eigenvalue weighted by Crippen LogP contribution is -2.14. The summed E-state index contributed by atoms with van der Waals surface area (Å²) in [5.74, 6) is 2.75. The quantitative estimate of drug-likeness (QED) is 0.614. The van der Waals surface area contributed by atoms with Gasteiger partial charge in [-0.25, -0.2) is 9.97 Å². The monoisotopic (exact) mass is 243 g/mol. The molecule has 0 bridgehead atoms. The fourth-order valence-electron chi connectivity index (χ4n) is 1.17. The van der Waals surface area contributed by atoms with E-state index in [1.165, 1.54) is 5.75 Å². The Labute approximate surface area is 99.9 Å². The van der Waals surface area contributed by atoms with Crippen LogP contribution < -0.4 is 5.32 Å². The van der Waals surface area contributed by atoms with E-state index >= 15 is 0 Å². The molecular weight excluding hydrogens is 226 g/mol. The summed E-state index contributed by atoms with van der Waals surface area (Å²) in [6, 6.07) is 1.98. The molecule has 0 fully saturated rings. The third-order valence-electron chi connectivity index (χ3n) is 1.93. The van der Waals surface area contributed by atoms with Crippen LogP contribution >= 0.6 is 23.5 Å². The largest absolute Gasteiger partial charge is 0.370 e. The number of aromatic nitrogens is 2. The Bertz CT molecular complexity index is 294. The van der Waals surface area contributed by atoms with E-state index in [1.54, 1.807) is 18.1 Å². The van der Waals surface area contributed by atoms with E-state index in [0.717, 1.165) is 17.4 Å². The molecule has 0 radical (unpaired) electrons. The van der Waals surface area contributed by atoms with Gasteiger partial charge in [-0.1, -0.05) is 6.92 Å². The molecule has 0 amide bonds. The van der Waals surface area contributed by atoms with Crippen LogP contribution in [0, 0.1) is 5.92 Å². The molecule has 84 valence electrons. The van der Waals surface area contributed by atoms with Crippen molar-refractivity contribution < 1.29 is 0 Å². The highest BCUT2D eigenvalue weighted by Gasteiger charge is 2.02. The van der Waals surface area contributed by atoms with E-state index in [0.29, 0.717) is 5.92 Å². The Hall–Kier alpha value is -0.420. The summed E-state index contributed by atoms with van der Waals surface area (Å²) in [6.45, 7) is 3.20. The molecule has 1 unspecified atom stereocenters. The minimum Gasteiger partial charge on any atom is -0.370 e. The fraction of sp³-hybridized carbons (Fsp3) is 0.600. The molecule has 0 spiro atoms. The Morgan fingerprint density at radius 2 is 2.20 bits per heavy atom. The minimum atomic E-state index is 0.660. The Balaban J connectivity index is 2.43. The Morgan fingerprint density at radius 3 is 2.87 bits per heavy atom. The number of thioether (sulfide) groups is 2. The lowest BCUT2D eigenvalue weighted by molar-refractivity contribution is 0.699. The van der Waals surface area contributed by atoms with E-state index in [1.807, 2.05) is 24.1 Å². The van der Waals surface area contributed by atoms with Crippen LogP contribution in [0.4, 0.5) is 5.82 Å². The first-order valence-corrected chi connectivity index (χ1v) is 7.47. The van der Waals surface area contributed by atoms with E-state index < -0.39 is 0 Å². The van der Waals surface area contributed by atoms with Crippen molar-refractivity contribution in [2.24, 2.45) is 5.92 Å². The third-order valence-corrected chi connectivity index (χ3v) is 3.48. The zero-order chi connectivity index (χ0) is 11.1.